The minimum atomic E-state index is -0.858. The van der Waals surface area contributed by atoms with Crippen molar-refractivity contribution in [3.8, 4) is 17.6 Å². The van der Waals surface area contributed by atoms with Crippen LogP contribution in [0.4, 0.5) is 5.69 Å². The molecule has 0 unspecified atom stereocenters. The van der Waals surface area contributed by atoms with Crippen LogP contribution in [0.1, 0.15) is 48.0 Å². The van der Waals surface area contributed by atoms with Crippen LogP contribution < -0.4 is 10.1 Å². The highest BCUT2D eigenvalue weighted by Crippen LogP contribution is 2.27. The zero-order valence-electron chi connectivity index (χ0n) is 14.9. The fraction of sp³-hybridized carbons (Fsp3) is 0.318. The van der Waals surface area contributed by atoms with Gasteiger partial charge in [0, 0.05) is 16.8 Å². The van der Waals surface area contributed by atoms with Crippen molar-refractivity contribution in [2.24, 2.45) is 0 Å². The molecule has 0 saturated heterocycles. The molecule has 2 N–H and O–H groups in total. The average Bonchev–Trinajstić information content (AvgIpc) is 2.68. The number of aliphatic hydroxyl groups is 1. The van der Waals surface area contributed by atoms with E-state index in [9.17, 15) is 9.90 Å². The molecule has 0 atom stereocenters. The first-order valence-electron chi connectivity index (χ1n) is 8.89. The summed E-state index contributed by atoms with van der Waals surface area (Å²) < 4.78 is 5.10. The molecule has 1 fully saturated rings. The van der Waals surface area contributed by atoms with E-state index in [2.05, 4.69) is 17.2 Å². The molecule has 0 aliphatic heterocycles. The Kier molecular flexibility index (Phi) is 5.60. The molecule has 2 aromatic carbocycles. The number of benzene rings is 2. The van der Waals surface area contributed by atoms with E-state index >= 15 is 0 Å². The largest absolute Gasteiger partial charge is 0.497 e. The quantitative estimate of drug-likeness (QED) is 0.824. The highest BCUT2D eigenvalue weighted by molar-refractivity contribution is 6.04. The van der Waals surface area contributed by atoms with Crippen molar-refractivity contribution in [2.45, 2.75) is 37.7 Å². The molecule has 0 spiro atoms. The molecule has 1 aliphatic carbocycles. The van der Waals surface area contributed by atoms with Crippen LogP contribution in [0, 0.1) is 11.8 Å². The molecule has 3 rings (SSSR count). The molecular formula is C22H23NO3. The van der Waals surface area contributed by atoms with Gasteiger partial charge >= 0.3 is 0 Å². The number of nitrogens with one attached hydrogen (secondary N) is 1. The topological polar surface area (TPSA) is 58.6 Å². The van der Waals surface area contributed by atoms with Crippen molar-refractivity contribution in [2.75, 3.05) is 12.4 Å². The van der Waals surface area contributed by atoms with Gasteiger partial charge in [0.25, 0.3) is 5.91 Å². The van der Waals surface area contributed by atoms with E-state index in [-0.39, 0.29) is 5.91 Å². The SMILES string of the molecule is COc1ccc(NC(=O)c2ccc(C#CC3(O)CCCCC3)cc2)cc1. The summed E-state index contributed by atoms with van der Waals surface area (Å²) in [5.41, 5.74) is 1.20. The first kappa shape index (κ1) is 18.0. The predicted molar refractivity (Wildman–Crippen MR) is 102 cm³/mol. The standard InChI is InChI=1S/C22H23NO3/c1-26-20-11-9-19(10-12-20)23-21(24)18-7-5-17(6-8-18)13-16-22(25)14-3-2-4-15-22/h5-12,25H,2-4,14-15H2,1H3,(H,23,24). The summed E-state index contributed by atoms with van der Waals surface area (Å²) in [4.78, 5) is 12.3. The molecule has 1 aliphatic rings. The molecule has 0 radical (unpaired) electrons. The number of methoxy groups -OCH3 is 1. The summed E-state index contributed by atoms with van der Waals surface area (Å²) in [6, 6.07) is 14.3. The van der Waals surface area contributed by atoms with Gasteiger partial charge in [0.05, 0.1) is 7.11 Å². The minimum Gasteiger partial charge on any atom is -0.497 e. The van der Waals surface area contributed by atoms with E-state index in [0.29, 0.717) is 11.3 Å². The third-order valence-electron chi connectivity index (χ3n) is 4.62. The zero-order valence-corrected chi connectivity index (χ0v) is 14.9. The van der Waals surface area contributed by atoms with Gasteiger partial charge in [-0.2, -0.15) is 0 Å². The smallest absolute Gasteiger partial charge is 0.255 e. The van der Waals surface area contributed by atoms with E-state index in [1.165, 1.54) is 6.42 Å². The number of hydrogen-bond donors (Lipinski definition) is 2. The molecule has 0 heterocycles. The van der Waals surface area contributed by atoms with Crippen LogP contribution in [-0.4, -0.2) is 23.7 Å². The Balaban J connectivity index is 1.64. The molecule has 26 heavy (non-hydrogen) atoms. The predicted octanol–water partition coefficient (Wildman–Crippen LogP) is 3.99. The van der Waals surface area contributed by atoms with Gasteiger partial charge < -0.3 is 15.2 Å². The molecule has 0 bridgehead atoms. The van der Waals surface area contributed by atoms with E-state index in [0.717, 1.165) is 37.0 Å². The second-order valence-electron chi connectivity index (χ2n) is 6.60. The van der Waals surface area contributed by atoms with E-state index in [1.807, 2.05) is 12.1 Å². The minimum absolute atomic E-state index is 0.180. The third-order valence-corrected chi connectivity index (χ3v) is 4.62. The van der Waals surface area contributed by atoms with Gasteiger partial charge in [-0.15, -0.1) is 0 Å². The summed E-state index contributed by atoms with van der Waals surface area (Å²) in [6.45, 7) is 0. The maximum Gasteiger partial charge on any atom is 0.255 e. The van der Waals surface area contributed by atoms with Gasteiger partial charge in [-0.3, -0.25) is 4.79 Å². The summed E-state index contributed by atoms with van der Waals surface area (Å²) in [7, 11) is 1.60. The molecular weight excluding hydrogens is 326 g/mol. The van der Waals surface area contributed by atoms with Gasteiger partial charge in [0.1, 0.15) is 11.4 Å². The zero-order chi connectivity index (χ0) is 18.4. The third kappa shape index (κ3) is 4.65. The van der Waals surface area contributed by atoms with Crippen molar-refractivity contribution < 1.29 is 14.6 Å². The molecule has 134 valence electrons. The highest BCUT2D eigenvalue weighted by Gasteiger charge is 2.26. The second kappa shape index (κ2) is 8.07. The lowest BCUT2D eigenvalue weighted by Crippen LogP contribution is -2.29. The molecule has 1 saturated carbocycles. The molecule has 1 amide bonds. The van der Waals surface area contributed by atoms with Crippen molar-refractivity contribution >= 4 is 11.6 Å². The van der Waals surface area contributed by atoms with Crippen molar-refractivity contribution in [1.29, 1.82) is 0 Å². The van der Waals surface area contributed by atoms with E-state index in [4.69, 9.17) is 4.74 Å². The number of amides is 1. The number of anilines is 1. The van der Waals surface area contributed by atoms with Gasteiger partial charge in [-0.1, -0.05) is 18.3 Å². The Hall–Kier alpha value is -2.77. The Labute approximate surface area is 154 Å². The maximum absolute atomic E-state index is 12.3. The van der Waals surface area contributed by atoms with Crippen LogP contribution in [0.5, 0.6) is 5.75 Å². The lowest BCUT2D eigenvalue weighted by molar-refractivity contribution is 0.0610. The molecule has 4 heteroatoms. The number of hydrogen-bond acceptors (Lipinski definition) is 3. The van der Waals surface area contributed by atoms with Gasteiger partial charge in [-0.05, 0) is 74.2 Å². The lowest BCUT2D eigenvalue weighted by atomic mass is 9.85. The number of carbonyl (C=O) groups is 1. The Morgan fingerprint density at radius 1 is 1.04 bits per heavy atom. The van der Waals surface area contributed by atoms with Crippen LogP contribution in [0.25, 0.3) is 0 Å². The summed E-state index contributed by atoms with van der Waals surface area (Å²) in [5.74, 6) is 6.61. The van der Waals surface area contributed by atoms with Gasteiger partial charge in [-0.25, -0.2) is 0 Å². The van der Waals surface area contributed by atoms with Crippen LogP contribution in [-0.2, 0) is 0 Å². The van der Waals surface area contributed by atoms with Gasteiger partial charge in [0.15, 0.2) is 0 Å². The Morgan fingerprint density at radius 2 is 1.69 bits per heavy atom. The maximum atomic E-state index is 12.3. The first-order chi connectivity index (χ1) is 12.6. The number of rotatable bonds is 3. The Morgan fingerprint density at radius 3 is 2.31 bits per heavy atom. The number of carbonyl (C=O) groups excluding carboxylic acids is 1. The fourth-order valence-electron chi connectivity index (χ4n) is 3.03. The second-order valence-corrected chi connectivity index (χ2v) is 6.60. The fourth-order valence-corrected chi connectivity index (χ4v) is 3.03. The monoisotopic (exact) mass is 349 g/mol. The summed E-state index contributed by atoms with van der Waals surface area (Å²) >= 11 is 0. The van der Waals surface area contributed by atoms with Crippen LogP contribution in [0.15, 0.2) is 48.5 Å². The summed E-state index contributed by atoms with van der Waals surface area (Å²) in [6.07, 6.45) is 4.69. The Bertz CT molecular complexity index is 807. The van der Waals surface area contributed by atoms with Crippen LogP contribution in [0.2, 0.25) is 0 Å². The highest BCUT2D eigenvalue weighted by atomic mass is 16.5. The van der Waals surface area contributed by atoms with Gasteiger partial charge in [0.2, 0.25) is 0 Å². The first-order valence-corrected chi connectivity index (χ1v) is 8.89. The van der Waals surface area contributed by atoms with Crippen LogP contribution >= 0.6 is 0 Å². The lowest BCUT2D eigenvalue weighted by Gasteiger charge is -2.26. The molecule has 4 nitrogen and oxygen atoms in total. The average molecular weight is 349 g/mol. The van der Waals surface area contributed by atoms with Crippen LogP contribution in [0.3, 0.4) is 0 Å². The van der Waals surface area contributed by atoms with E-state index < -0.39 is 5.60 Å². The summed E-state index contributed by atoms with van der Waals surface area (Å²) in [5, 5.41) is 13.3. The van der Waals surface area contributed by atoms with Crippen molar-refractivity contribution in [3.05, 3.63) is 59.7 Å². The molecule has 2 aromatic rings. The van der Waals surface area contributed by atoms with Crippen molar-refractivity contribution in [1.82, 2.24) is 0 Å². The normalized spacial score (nSPS) is 15.5. The van der Waals surface area contributed by atoms with Crippen molar-refractivity contribution in [3.63, 3.8) is 0 Å². The number of ether oxygens (including phenoxy) is 1. The van der Waals surface area contributed by atoms with E-state index in [1.54, 1.807) is 43.5 Å². The molecule has 0 aromatic heterocycles.